The zero-order chi connectivity index (χ0) is 17.3. The molecule has 2 rings (SSSR count). The van der Waals surface area contributed by atoms with Crippen LogP contribution >= 0.6 is 15.6 Å². The van der Waals surface area contributed by atoms with Gasteiger partial charge in [0.1, 0.15) is 0 Å². The Hall–Kier alpha value is -1.92. The number of hydrogen-bond donors (Lipinski definition) is 4. The Morgan fingerprint density at radius 1 is 1.26 bits per heavy atom. The molecule has 0 saturated carbocycles. The molecular formula is C7H9N5O9P2. The number of phosphoric acid groups is 2. The van der Waals surface area contributed by atoms with E-state index in [0.717, 1.165) is 12.4 Å². The largest absolute Gasteiger partial charge is 0.560 e. The van der Waals surface area contributed by atoms with Crippen LogP contribution < -0.4 is 15.9 Å². The van der Waals surface area contributed by atoms with E-state index in [-0.39, 0.29) is 11.2 Å². The monoisotopic (exact) mass is 369 g/mol. The van der Waals surface area contributed by atoms with Crippen molar-refractivity contribution in [1.29, 1.82) is 0 Å². The van der Waals surface area contributed by atoms with Gasteiger partial charge in [0, 0.05) is 12.4 Å². The number of nitrogen functional groups attached to an aromatic ring is 1. The van der Waals surface area contributed by atoms with Gasteiger partial charge in [-0.1, -0.05) is 0 Å². The number of aliphatic hydroxyl groups excluding tert-OH is 1. The van der Waals surface area contributed by atoms with Gasteiger partial charge in [0.05, 0.1) is 0 Å². The zero-order valence-corrected chi connectivity index (χ0v) is 12.7. The third kappa shape index (κ3) is 4.09. The third-order valence-corrected chi connectivity index (χ3v) is 4.55. The number of aromatic nitrogens is 4. The molecule has 23 heavy (non-hydrogen) atoms. The van der Waals surface area contributed by atoms with Crippen molar-refractivity contribution in [2.45, 2.75) is 0 Å². The van der Waals surface area contributed by atoms with E-state index in [9.17, 15) is 13.9 Å². The summed E-state index contributed by atoms with van der Waals surface area (Å²) in [5.74, 6) is -0.681. The Morgan fingerprint density at radius 3 is 2.52 bits per heavy atom. The molecule has 0 aliphatic carbocycles. The van der Waals surface area contributed by atoms with Crippen molar-refractivity contribution < 1.29 is 37.5 Å². The summed E-state index contributed by atoms with van der Waals surface area (Å²) in [6.07, 6.45) is 2.28. The van der Waals surface area contributed by atoms with Gasteiger partial charge in [0.2, 0.25) is 11.6 Å². The molecule has 0 aliphatic heterocycles. The van der Waals surface area contributed by atoms with Crippen LogP contribution in [0.3, 0.4) is 0 Å². The summed E-state index contributed by atoms with van der Waals surface area (Å²) in [5.41, 5.74) is 3.84. The summed E-state index contributed by atoms with van der Waals surface area (Å²) in [7, 11) is -10.4. The Labute approximate surface area is 126 Å². The fourth-order valence-corrected chi connectivity index (χ4v) is 3.28. The highest BCUT2D eigenvalue weighted by atomic mass is 31.3. The first-order valence-electron chi connectivity index (χ1n) is 5.47. The number of nitrogens with two attached hydrogens (primary N) is 1. The van der Waals surface area contributed by atoms with Gasteiger partial charge in [-0.2, -0.15) is 9.29 Å². The Bertz CT molecular complexity index is 878. The van der Waals surface area contributed by atoms with Crippen LogP contribution in [0.1, 0.15) is 0 Å². The van der Waals surface area contributed by atoms with E-state index in [1.807, 2.05) is 0 Å². The number of aliphatic hydroxyl groups is 1. The minimum atomic E-state index is -5.34. The first-order chi connectivity index (χ1) is 10.7. The molecule has 5 N–H and O–H groups in total. The molecule has 2 aromatic heterocycles. The van der Waals surface area contributed by atoms with Crippen molar-refractivity contribution in [2.24, 2.45) is 0 Å². The van der Waals surface area contributed by atoms with Crippen LogP contribution in [0.25, 0.3) is 11.2 Å². The number of hydrogen-bond acceptors (Lipinski definition) is 11. The van der Waals surface area contributed by atoms with Gasteiger partial charge in [-0.05, 0) is 0 Å². The standard InChI is InChI=1S/C7H9N5O9P2/c8-7-11-6(14)4-5(10-2-1-9-4)12(7)20-23(18,19-3-13)21-22(15,16)17/h1-2,13H,3H2,(H2,8,11,14)(H2,15,16,17). The lowest BCUT2D eigenvalue weighted by atomic mass is 10.5. The summed E-state index contributed by atoms with van der Waals surface area (Å²) < 4.78 is 36.1. The molecule has 0 amide bonds. The van der Waals surface area contributed by atoms with E-state index in [1.54, 1.807) is 0 Å². The minimum Gasteiger partial charge on any atom is -0.370 e. The van der Waals surface area contributed by atoms with Crippen molar-refractivity contribution >= 4 is 32.8 Å². The quantitative estimate of drug-likeness (QED) is 0.334. The highest BCUT2D eigenvalue weighted by Gasteiger charge is 2.39. The highest BCUT2D eigenvalue weighted by Crippen LogP contribution is 2.59. The van der Waals surface area contributed by atoms with Gasteiger partial charge in [0.25, 0.3) is 0 Å². The Balaban J connectivity index is 2.57. The second kappa shape index (κ2) is 6.29. The first kappa shape index (κ1) is 17.4. The van der Waals surface area contributed by atoms with E-state index in [4.69, 9.17) is 20.6 Å². The summed E-state index contributed by atoms with van der Waals surface area (Å²) in [5, 5.41) is 8.66. The van der Waals surface area contributed by atoms with Gasteiger partial charge in [0.15, 0.2) is 12.3 Å². The fraction of sp³-hybridized carbons (Fsp3) is 0.143. The van der Waals surface area contributed by atoms with Gasteiger partial charge in [-0.25, -0.2) is 23.6 Å². The third-order valence-electron chi connectivity index (χ3n) is 2.10. The molecule has 2 aromatic rings. The molecule has 0 aliphatic rings. The lowest BCUT2D eigenvalue weighted by Gasteiger charge is -2.19. The molecule has 0 fully saturated rings. The van der Waals surface area contributed by atoms with Gasteiger partial charge in [-0.3, -0.25) is 4.79 Å². The average molecular weight is 369 g/mol. The highest BCUT2D eigenvalue weighted by molar-refractivity contribution is 7.61. The number of rotatable bonds is 6. The zero-order valence-electron chi connectivity index (χ0n) is 10.9. The predicted molar refractivity (Wildman–Crippen MR) is 71.5 cm³/mol. The van der Waals surface area contributed by atoms with Crippen LogP contribution in [0.5, 0.6) is 0 Å². The van der Waals surface area contributed by atoms with Gasteiger partial charge < -0.3 is 25.3 Å². The summed E-state index contributed by atoms with van der Waals surface area (Å²) in [4.78, 5) is 39.8. The second-order valence-electron chi connectivity index (χ2n) is 3.66. The maximum Gasteiger partial charge on any atom is 0.560 e. The molecule has 0 saturated heterocycles. The van der Waals surface area contributed by atoms with Crippen LogP contribution in [0.15, 0.2) is 17.2 Å². The summed E-state index contributed by atoms with van der Waals surface area (Å²) >= 11 is 0. The van der Waals surface area contributed by atoms with Gasteiger partial charge >= 0.3 is 21.2 Å². The van der Waals surface area contributed by atoms with Crippen molar-refractivity contribution in [3.8, 4) is 0 Å². The fourth-order valence-electron chi connectivity index (χ4n) is 1.38. The lowest BCUT2D eigenvalue weighted by Crippen LogP contribution is -2.24. The molecule has 2 heterocycles. The summed E-state index contributed by atoms with van der Waals surface area (Å²) in [6.45, 7) is -1.27. The van der Waals surface area contributed by atoms with Crippen LogP contribution in [-0.2, 0) is 18.0 Å². The molecule has 0 radical (unpaired) electrons. The van der Waals surface area contributed by atoms with Crippen LogP contribution in [0.4, 0.5) is 5.95 Å². The van der Waals surface area contributed by atoms with E-state index in [2.05, 4.69) is 28.4 Å². The first-order valence-corrected chi connectivity index (χ1v) is 8.46. The summed E-state index contributed by atoms with van der Waals surface area (Å²) in [6, 6.07) is 0. The number of nitrogens with zero attached hydrogens (tertiary/aromatic N) is 4. The molecule has 126 valence electrons. The van der Waals surface area contributed by atoms with Gasteiger partial charge in [-0.15, -0.1) is 4.73 Å². The molecular weight excluding hydrogens is 360 g/mol. The molecule has 16 heteroatoms. The van der Waals surface area contributed by atoms with Crippen LogP contribution in [-0.4, -0.2) is 41.4 Å². The normalized spacial score (nSPS) is 14.6. The van der Waals surface area contributed by atoms with Crippen LogP contribution in [0, 0.1) is 0 Å². The molecule has 0 spiro atoms. The van der Waals surface area contributed by atoms with E-state index < -0.39 is 33.9 Å². The van der Waals surface area contributed by atoms with E-state index in [1.165, 1.54) is 0 Å². The van der Waals surface area contributed by atoms with Crippen molar-refractivity contribution in [3.05, 3.63) is 22.7 Å². The Morgan fingerprint density at radius 2 is 1.91 bits per heavy atom. The maximum atomic E-state index is 12.1. The van der Waals surface area contributed by atoms with Crippen molar-refractivity contribution in [1.82, 2.24) is 19.7 Å². The SMILES string of the molecule is Nc1nc(=O)c2nccnc2n1OP(=O)(OCO)OP(=O)(O)O. The molecule has 14 nitrogen and oxygen atoms in total. The van der Waals surface area contributed by atoms with E-state index in [0.29, 0.717) is 4.73 Å². The lowest BCUT2D eigenvalue weighted by molar-refractivity contribution is 0.0496. The molecule has 0 bridgehead atoms. The molecule has 0 aromatic carbocycles. The number of anilines is 1. The smallest absolute Gasteiger partial charge is 0.370 e. The van der Waals surface area contributed by atoms with Crippen molar-refractivity contribution in [3.63, 3.8) is 0 Å². The second-order valence-corrected chi connectivity index (χ2v) is 6.61. The minimum absolute atomic E-state index is 0.339. The molecule has 1 atom stereocenters. The average Bonchev–Trinajstić information content (AvgIpc) is 2.42. The predicted octanol–water partition coefficient (Wildman–Crippen LogP) is -1.62. The van der Waals surface area contributed by atoms with E-state index >= 15 is 0 Å². The topological polar surface area (TPSA) is 209 Å². The molecule has 1 unspecified atom stereocenters. The van der Waals surface area contributed by atoms with Crippen molar-refractivity contribution in [2.75, 3.05) is 12.5 Å². The van der Waals surface area contributed by atoms with Crippen LogP contribution in [0.2, 0.25) is 0 Å². The Kier molecular flexibility index (Phi) is 4.77. The maximum absolute atomic E-state index is 12.1. The number of fused-ring (bicyclic) bond motifs is 1.